The van der Waals surface area contributed by atoms with Crippen molar-refractivity contribution in [3.8, 4) is 0 Å². The van der Waals surface area contributed by atoms with Crippen LogP contribution in [-0.2, 0) is 0 Å². The van der Waals surface area contributed by atoms with E-state index < -0.39 is 0 Å². The molecule has 2 heteroatoms. The van der Waals surface area contributed by atoms with Crippen LogP contribution in [0.1, 0.15) is 5.56 Å². The maximum Gasteiger partial charge on any atom is 0.0526 e. The van der Waals surface area contributed by atoms with Gasteiger partial charge in [0.05, 0.1) is 11.4 Å². The second kappa shape index (κ2) is 4.73. The van der Waals surface area contributed by atoms with Crippen LogP contribution in [0.15, 0.2) is 77.0 Å². The van der Waals surface area contributed by atoms with E-state index in [1.165, 1.54) is 32.6 Å². The number of fused-ring (bicyclic) bond motifs is 2. The maximum atomic E-state index is 3.52. The predicted octanol–water partition coefficient (Wildman–Crippen LogP) is 5.36. The summed E-state index contributed by atoms with van der Waals surface area (Å²) in [5, 5.41) is 8.26. The van der Waals surface area contributed by atoms with Gasteiger partial charge in [0.2, 0.25) is 0 Å². The lowest BCUT2D eigenvalue weighted by Gasteiger charge is -2.19. The number of benzene rings is 3. The van der Waals surface area contributed by atoms with Crippen LogP contribution < -0.4 is 5.32 Å². The lowest BCUT2D eigenvalue weighted by Crippen LogP contribution is -2.02. The van der Waals surface area contributed by atoms with Crippen LogP contribution in [0.4, 0.5) is 5.69 Å². The van der Waals surface area contributed by atoms with Gasteiger partial charge >= 0.3 is 0 Å². The monoisotopic (exact) mass is 275 g/mol. The second-order valence-corrected chi connectivity index (χ2v) is 5.74. The first kappa shape index (κ1) is 11.6. The minimum absolute atomic E-state index is 1.17. The fourth-order valence-corrected chi connectivity index (χ4v) is 3.31. The molecule has 0 aromatic heterocycles. The van der Waals surface area contributed by atoms with E-state index in [1.807, 2.05) is 0 Å². The van der Waals surface area contributed by atoms with Crippen LogP contribution in [0.2, 0.25) is 0 Å². The van der Waals surface area contributed by atoms with Gasteiger partial charge in [0.25, 0.3) is 0 Å². The van der Waals surface area contributed by atoms with E-state index in [0.29, 0.717) is 0 Å². The summed E-state index contributed by atoms with van der Waals surface area (Å²) >= 11 is 1.77. The van der Waals surface area contributed by atoms with Crippen LogP contribution in [0.5, 0.6) is 0 Å². The van der Waals surface area contributed by atoms with E-state index in [2.05, 4.69) is 77.5 Å². The van der Waals surface area contributed by atoms with E-state index in [0.717, 1.165) is 0 Å². The van der Waals surface area contributed by atoms with Crippen molar-refractivity contribution in [2.45, 2.75) is 4.90 Å². The van der Waals surface area contributed by atoms with Crippen molar-refractivity contribution < 1.29 is 0 Å². The fraction of sp³-hybridized carbons (Fsp3) is 0. The molecule has 20 heavy (non-hydrogen) atoms. The third-order valence-electron chi connectivity index (χ3n) is 3.52. The normalized spacial score (nSPS) is 13.5. The van der Waals surface area contributed by atoms with Gasteiger partial charge in [-0.25, -0.2) is 0 Å². The zero-order chi connectivity index (χ0) is 13.4. The highest BCUT2D eigenvalue weighted by Crippen LogP contribution is 2.37. The van der Waals surface area contributed by atoms with Gasteiger partial charge in [0.1, 0.15) is 0 Å². The SMILES string of the molecule is C1=C(c2ccc3ccccc3c2)Nc2ccccc2S1. The molecule has 1 nitrogen and oxygen atoms in total. The summed E-state index contributed by atoms with van der Waals surface area (Å²) in [4.78, 5) is 1.28. The topological polar surface area (TPSA) is 12.0 Å². The molecule has 3 aromatic carbocycles. The number of hydrogen-bond acceptors (Lipinski definition) is 2. The standard InChI is InChI=1S/C18H13NS/c1-2-6-14-11-15(10-9-13(14)5-1)17-12-20-18-8-4-3-7-16(18)19-17/h1-12,19H. The molecular formula is C18H13NS. The van der Waals surface area contributed by atoms with Gasteiger partial charge < -0.3 is 5.32 Å². The Bertz CT molecular complexity index is 820. The summed E-state index contributed by atoms with van der Waals surface area (Å²) in [7, 11) is 0. The average Bonchev–Trinajstić information content (AvgIpc) is 2.54. The Labute approximate surface area is 122 Å². The van der Waals surface area contributed by atoms with Crippen molar-refractivity contribution in [3.63, 3.8) is 0 Å². The first-order valence-electron chi connectivity index (χ1n) is 6.62. The molecule has 1 heterocycles. The van der Waals surface area contributed by atoms with Crippen molar-refractivity contribution in [3.05, 3.63) is 77.7 Å². The minimum Gasteiger partial charge on any atom is -0.354 e. The van der Waals surface area contributed by atoms with Gasteiger partial charge in [-0.3, -0.25) is 0 Å². The second-order valence-electron chi connectivity index (χ2n) is 4.83. The summed E-state index contributed by atoms with van der Waals surface area (Å²) in [5.41, 5.74) is 3.58. The number of para-hydroxylation sites is 1. The van der Waals surface area contributed by atoms with Gasteiger partial charge in [0, 0.05) is 10.3 Å². The molecule has 0 saturated heterocycles. The van der Waals surface area contributed by atoms with Crippen molar-refractivity contribution in [2.24, 2.45) is 0 Å². The van der Waals surface area contributed by atoms with E-state index in [-0.39, 0.29) is 0 Å². The smallest absolute Gasteiger partial charge is 0.0526 e. The molecule has 1 N–H and O–H groups in total. The van der Waals surface area contributed by atoms with Crippen LogP contribution >= 0.6 is 11.8 Å². The summed E-state index contributed by atoms with van der Waals surface area (Å²) in [5.74, 6) is 0. The number of nitrogens with one attached hydrogen (secondary N) is 1. The average molecular weight is 275 g/mol. The Hall–Kier alpha value is -2.19. The highest BCUT2D eigenvalue weighted by molar-refractivity contribution is 8.02. The molecule has 0 unspecified atom stereocenters. The molecular weight excluding hydrogens is 262 g/mol. The Morgan fingerprint density at radius 3 is 2.50 bits per heavy atom. The molecule has 1 aliphatic rings. The molecule has 0 aliphatic carbocycles. The zero-order valence-corrected chi connectivity index (χ0v) is 11.7. The number of anilines is 1. The largest absolute Gasteiger partial charge is 0.354 e. The number of thioether (sulfide) groups is 1. The third-order valence-corrected chi connectivity index (χ3v) is 4.48. The highest BCUT2D eigenvalue weighted by atomic mass is 32.2. The van der Waals surface area contributed by atoms with Gasteiger partial charge in [-0.1, -0.05) is 60.3 Å². The Balaban J connectivity index is 1.75. The lowest BCUT2D eigenvalue weighted by molar-refractivity contribution is 1.41. The molecule has 3 aromatic rings. The Morgan fingerprint density at radius 1 is 0.750 bits per heavy atom. The van der Waals surface area contributed by atoms with Gasteiger partial charge in [-0.15, -0.1) is 0 Å². The van der Waals surface area contributed by atoms with Crippen LogP contribution in [0.25, 0.3) is 16.5 Å². The molecule has 0 fully saturated rings. The van der Waals surface area contributed by atoms with Crippen molar-refractivity contribution in [1.29, 1.82) is 0 Å². The Kier molecular flexibility index (Phi) is 2.75. The Morgan fingerprint density at radius 2 is 1.55 bits per heavy atom. The minimum atomic E-state index is 1.17. The summed E-state index contributed by atoms with van der Waals surface area (Å²) in [6, 6.07) is 23.5. The summed E-state index contributed by atoms with van der Waals surface area (Å²) in [6.45, 7) is 0. The van der Waals surface area contributed by atoms with Gasteiger partial charge in [-0.2, -0.15) is 0 Å². The fourth-order valence-electron chi connectivity index (χ4n) is 2.47. The van der Waals surface area contributed by atoms with Crippen molar-refractivity contribution in [1.82, 2.24) is 0 Å². The van der Waals surface area contributed by atoms with E-state index in [4.69, 9.17) is 0 Å². The van der Waals surface area contributed by atoms with Crippen molar-refractivity contribution >= 4 is 33.9 Å². The molecule has 0 bridgehead atoms. The zero-order valence-electron chi connectivity index (χ0n) is 10.8. The summed E-state index contributed by atoms with van der Waals surface area (Å²) in [6.07, 6.45) is 0. The van der Waals surface area contributed by atoms with E-state index in [1.54, 1.807) is 11.8 Å². The molecule has 0 amide bonds. The van der Waals surface area contributed by atoms with Crippen LogP contribution in [0.3, 0.4) is 0 Å². The van der Waals surface area contributed by atoms with Gasteiger partial charge in [-0.05, 0) is 34.5 Å². The molecule has 4 rings (SSSR count). The molecule has 0 atom stereocenters. The first-order chi connectivity index (χ1) is 9.90. The maximum absolute atomic E-state index is 3.52. The molecule has 96 valence electrons. The molecule has 0 radical (unpaired) electrons. The van der Waals surface area contributed by atoms with Crippen LogP contribution in [0, 0.1) is 0 Å². The quantitative estimate of drug-likeness (QED) is 0.642. The number of rotatable bonds is 1. The predicted molar refractivity (Wildman–Crippen MR) is 87.8 cm³/mol. The molecule has 0 spiro atoms. The first-order valence-corrected chi connectivity index (χ1v) is 7.50. The highest BCUT2D eigenvalue weighted by Gasteiger charge is 2.11. The van der Waals surface area contributed by atoms with E-state index in [9.17, 15) is 0 Å². The van der Waals surface area contributed by atoms with E-state index >= 15 is 0 Å². The van der Waals surface area contributed by atoms with Crippen LogP contribution in [-0.4, -0.2) is 0 Å². The lowest BCUT2D eigenvalue weighted by atomic mass is 10.1. The van der Waals surface area contributed by atoms with Crippen molar-refractivity contribution in [2.75, 3.05) is 5.32 Å². The summed E-state index contributed by atoms with van der Waals surface area (Å²) < 4.78 is 0. The third kappa shape index (κ3) is 1.98. The van der Waals surface area contributed by atoms with Gasteiger partial charge in [0.15, 0.2) is 0 Å². The molecule has 1 aliphatic heterocycles. The number of hydrogen-bond donors (Lipinski definition) is 1. The molecule has 0 saturated carbocycles.